The van der Waals surface area contributed by atoms with Crippen molar-refractivity contribution >= 4 is 29.1 Å². The second-order valence-electron chi connectivity index (χ2n) is 7.53. The number of benzene rings is 2. The summed E-state index contributed by atoms with van der Waals surface area (Å²) in [5, 5.41) is 3.51. The molecule has 2 aromatic rings. The van der Waals surface area contributed by atoms with Crippen LogP contribution >= 0.6 is 11.6 Å². The first kappa shape index (κ1) is 19.0. The second-order valence-corrected chi connectivity index (χ2v) is 7.97. The molecule has 0 aromatic heterocycles. The van der Waals surface area contributed by atoms with Crippen LogP contribution in [0.3, 0.4) is 0 Å². The summed E-state index contributed by atoms with van der Waals surface area (Å²) in [4.78, 5) is 29.4. The molecule has 1 aliphatic heterocycles. The summed E-state index contributed by atoms with van der Waals surface area (Å²) in [6.45, 7) is 4.11. The molecule has 1 aliphatic carbocycles. The van der Waals surface area contributed by atoms with Crippen LogP contribution in [-0.2, 0) is 16.1 Å². The summed E-state index contributed by atoms with van der Waals surface area (Å²) < 4.78 is 0. The van der Waals surface area contributed by atoms with E-state index in [1.54, 1.807) is 24.3 Å². The smallest absolute Gasteiger partial charge is 0.228 e. The Labute approximate surface area is 170 Å². The number of carbonyl (C=O) groups is 2. The number of rotatable bonds is 5. The Hall–Kier alpha value is -2.37. The maximum atomic E-state index is 12.7. The van der Waals surface area contributed by atoms with Crippen molar-refractivity contribution in [2.24, 2.45) is 11.8 Å². The quantitative estimate of drug-likeness (QED) is 0.842. The van der Waals surface area contributed by atoms with Crippen molar-refractivity contribution in [3.8, 4) is 0 Å². The third kappa shape index (κ3) is 4.54. The Balaban J connectivity index is 1.24. The predicted molar refractivity (Wildman–Crippen MR) is 110 cm³/mol. The van der Waals surface area contributed by atoms with E-state index in [1.165, 1.54) is 5.56 Å². The molecular formula is C22H24ClN3O2. The van der Waals surface area contributed by atoms with Crippen LogP contribution in [0.4, 0.5) is 5.69 Å². The van der Waals surface area contributed by atoms with Gasteiger partial charge in [-0.2, -0.15) is 0 Å². The number of anilines is 1. The number of nitrogens with zero attached hydrogens (tertiary/aromatic N) is 2. The first-order valence-electron chi connectivity index (χ1n) is 9.71. The molecule has 2 aliphatic rings. The Kier molecular flexibility index (Phi) is 5.64. The van der Waals surface area contributed by atoms with Gasteiger partial charge in [-0.1, -0.05) is 41.9 Å². The summed E-state index contributed by atoms with van der Waals surface area (Å²) in [6, 6.07) is 17.4. The molecule has 1 heterocycles. The van der Waals surface area contributed by atoms with Gasteiger partial charge in [0.1, 0.15) is 0 Å². The zero-order valence-electron chi connectivity index (χ0n) is 15.7. The van der Waals surface area contributed by atoms with E-state index >= 15 is 0 Å². The minimum Gasteiger partial charge on any atom is -0.340 e. The van der Waals surface area contributed by atoms with Gasteiger partial charge >= 0.3 is 0 Å². The molecule has 5 nitrogen and oxygen atoms in total. The molecule has 2 atom stereocenters. The van der Waals surface area contributed by atoms with Crippen LogP contribution in [0.2, 0.25) is 5.02 Å². The molecule has 2 fully saturated rings. The number of carbonyl (C=O) groups excluding carboxylic acids is 2. The highest BCUT2D eigenvalue weighted by Gasteiger charge is 2.49. The normalized spacial score (nSPS) is 22.0. The van der Waals surface area contributed by atoms with Gasteiger partial charge in [-0.05, 0) is 36.2 Å². The monoisotopic (exact) mass is 397 g/mol. The first-order chi connectivity index (χ1) is 13.6. The molecule has 6 heteroatoms. The number of hydrogen-bond acceptors (Lipinski definition) is 3. The summed E-state index contributed by atoms with van der Waals surface area (Å²) in [6.07, 6.45) is 0.641. The van der Waals surface area contributed by atoms with E-state index in [-0.39, 0.29) is 23.7 Å². The van der Waals surface area contributed by atoms with Crippen molar-refractivity contribution in [2.75, 3.05) is 31.5 Å². The SMILES string of the molecule is O=C(Nc1ccc(Cl)cc1)C1CC1C(=O)N1CCN(Cc2ccccc2)CC1. The van der Waals surface area contributed by atoms with E-state index in [1.807, 2.05) is 11.0 Å². The average Bonchev–Trinajstić information content (AvgIpc) is 3.52. The van der Waals surface area contributed by atoms with Gasteiger partial charge in [-0.25, -0.2) is 0 Å². The lowest BCUT2D eigenvalue weighted by Crippen LogP contribution is -2.49. The Morgan fingerprint density at radius 3 is 2.29 bits per heavy atom. The molecular weight excluding hydrogens is 374 g/mol. The molecule has 2 unspecified atom stereocenters. The second kappa shape index (κ2) is 8.33. The Morgan fingerprint density at radius 2 is 1.61 bits per heavy atom. The minimum atomic E-state index is -0.217. The summed E-state index contributed by atoms with van der Waals surface area (Å²) in [5.74, 6) is -0.350. The Bertz CT molecular complexity index is 833. The summed E-state index contributed by atoms with van der Waals surface area (Å²) >= 11 is 5.86. The maximum absolute atomic E-state index is 12.7. The van der Waals surface area contributed by atoms with Crippen LogP contribution in [0.25, 0.3) is 0 Å². The standard InChI is InChI=1S/C22H24ClN3O2/c23-17-6-8-18(9-7-17)24-21(27)19-14-20(19)22(28)26-12-10-25(11-13-26)15-16-4-2-1-3-5-16/h1-9,19-20H,10-15H2,(H,24,27). The fourth-order valence-electron chi connectivity index (χ4n) is 3.73. The highest BCUT2D eigenvalue weighted by molar-refractivity contribution is 6.30. The maximum Gasteiger partial charge on any atom is 0.228 e. The molecule has 28 heavy (non-hydrogen) atoms. The van der Waals surface area contributed by atoms with Gasteiger partial charge < -0.3 is 10.2 Å². The highest BCUT2D eigenvalue weighted by atomic mass is 35.5. The predicted octanol–water partition coefficient (Wildman–Crippen LogP) is 3.26. The lowest BCUT2D eigenvalue weighted by Gasteiger charge is -2.35. The molecule has 1 saturated carbocycles. The number of halogens is 1. The topological polar surface area (TPSA) is 52.7 Å². The fourth-order valence-corrected chi connectivity index (χ4v) is 3.85. The number of hydrogen-bond donors (Lipinski definition) is 1. The van der Waals surface area contributed by atoms with Gasteiger partial charge in [-0.15, -0.1) is 0 Å². The number of nitrogens with one attached hydrogen (secondary N) is 1. The largest absolute Gasteiger partial charge is 0.340 e. The number of amides is 2. The minimum absolute atomic E-state index is 0.0802. The van der Waals surface area contributed by atoms with Crippen LogP contribution in [-0.4, -0.2) is 47.8 Å². The lowest BCUT2D eigenvalue weighted by molar-refractivity contribution is -0.135. The molecule has 146 valence electrons. The fraction of sp³-hybridized carbons (Fsp3) is 0.364. The van der Waals surface area contributed by atoms with E-state index < -0.39 is 0 Å². The molecule has 0 spiro atoms. The third-order valence-corrected chi connectivity index (χ3v) is 5.74. The van der Waals surface area contributed by atoms with Crippen molar-refractivity contribution < 1.29 is 9.59 Å². The lowest BCUT2D eigenvalue weighted by atomic mass is 10.2. The van der Waals surface area contributed by atoms with E-state index in [0.29, 0.717) is 17.1 Å². The Morgan fingerprint density at radius 1 is 0.929 bits per heavy atom. The molecule has 1 N–H and O–H groups in total. The zero-order valence-corrected chi connectivity index (χ0v) is 16.4. The molecule has 2 amide bonds. The molecule has 0 bridgehead atoms. The van der Waals surface area contributed by atoms with Gasteiger partial charge in [0.05, 0.1) is 11.8 Å². The van der Waals surface area contributed by atoms with E-state index in [0.717, 1.165) is 32.7 Å². The van der Waals surface area contributed by atoms with Crippen molar-refractivity contribution in [3.05, 3.63) is 65.2 Å². The zero-order chi connectivity index (χ0) is 19.5. The summed E-state index contributed by atoms with van der Waals surface area (Å²) in [5.41, 5.74) is 2.01. The average molecular weight is 398 g/mol. The van der Waals surface area contributed by atoms with Gasteiger partial charge in [0.25, 0.3) is 0 Å². The first-order valence-corrected chi connectivity index (χ1v) is 10.1. The van der Waals surface area contributed by atoms with Crippen LogP contribution in [0.1, 0.15) is 12.0 Å². The van der Waals surface area contributed by atoms with Crippen LogP contribution < -0.4 is 5.32 Å². The van der Waals surface area contributed by atoms with Crippen molar-refractivity contribution in [1.29, 1.82) is 0 Å². The van der Waals surface area contributed by atoms with Gasteiger partial charge in [0.2, 0.25) is 11.8 Å². The molecule has 4 rings (SSSR count). The van der Waals surface area contributed by atoms with Crippen molar-refractivity contribution in [1.82, 2.24) is 9.80 Å². The summed E-state index contributed by atoms with van der Waals surface area (Å²) in [7, 11) is 0. The van der Waals surface area contributed by atoms with Crippen LogP contribution in [0.5, 0.6) is 0 Å². The van der Waals surface area contributed by atoms with Gasteiger partial charge in [-0.3, -0.25) is 14.5 Å². The van der Waals surface area contributed by atoms with Crippen LogP contribution in [0, 0.1) is 11.8 Å². The van der Waals surface area contributed by atoms with Gasteiger partial charge in [0.15, 0.2) is 0 Å². The molecule has 1 saturated heterocycles. The van der Waals surface area contributed by atoms with E-state index in [2.05, 4.69) is 34.5 Å². The molecule has 2 aromatic carbocycles. The number of piperazine rings is 1. The van der Waals surface area contributed by atoms with E-state index in [4.69, 9.17) is 11.6 Å². The highest BCUT2D eigenvalue weighted by Crippen LogP contribution is 2.41. The van der Waals surface area contributed by atoms with Crippen molar-refractivity contribution in [2.45, 2.75) is 13.0 Å². The van der Waals surface area contributed by atoms with Crippen LogP contribution in [0.15, 0.2) is 54.6 Å². The third-order valence-electron chi connectivity index (χ3n) is 5.49. The van der Waals surface area contributed by atoms with E-state index in [9.17, 15) is 9.59 Å². The van der Waals surface area contributed by atoms with Crippen molar-refractivity contribution in [3.63, 3.8) is 0 Å². The molecule has 0 radical (unpaired) electrons. The van der Waals surface area contributed by atoms with Gasteiger partial charge in [0, 0.05) is 43.4 Å².